The van der Waals surface area contributed by atoms with E-state index in [2.05, 4.69) is 27.5 Å². The van der Waals surface area contributed by atoms with Crippen molar-refractivity contribution in [1.82, 2.24) is 19.7 Å². The number of alkyl halides is 3. The van der Waals surface area contributed by atoms with Crippen molar-refractivity contribution in [3.63, 3.8) is 0 Å². The maximum absolute atomic E-state index is 13.2. The second-order valence-electron chi connectivity index (χ2n) is 7.64. The highest BCUT2D eigenvalue weighted by Crippen LogP contribution is 2.34. The quantitative estimate of drug-likeness (QED) is 0.659. The van der Waals surface area contributed by atoms with E-state index in [0.29, 0.717) is 5.69 Å². The molecule has 1 aromatic heterocycles. The monoisotopic (exact) mass is 429 g/mol. The molecular formula is C22H22F3N5O. The van der Waals surface area contributed by atoms with Gasteiger partial charge in [0.25, 0.3) is 0 Å². The number of benzene rings is 2. The van der Waals surface area contributed by atoms with Crippen LogP contribution in [0.4, 0.5) is 18.9 Å². The Morgan fingerprint density at radius 2 is 2.06 bits per heavy atom. The predicted molar refractivity (Wildman–Crippen MR) is 110 cm³/mol. The summed E-state index contributed by atoms with van der Waals surface area (Å²) in [5, 5.41) is 6.60. The molecule has 0 unspecified atom stereocenters. The van der Waals surface area contributed by atoms with Crippen LogP contribution in [-0.4, -0.2) is 39.2 Å². The molecule has 1 amide bonds. The van der Waals surface area contributed by atoms with Crippen LogP contribution in [0.15, 0.2) is 55.1 Å². The topological polar surface area (TPSA) is 63.1 Å². The molecule has 1 N–H and O–H groups in total. The number of likely N-dealkylation sites (N-methyl/N-ethyl adjacent to an activating group) is 1. The van der Waals surface area contributed by atoms with Crippen LogP contribution < -0.4 is 5.32 Å². The second kappa shape index (κ2) is 8.50. The lowest BCUT2D eigenvalue weighted by Crippen LogP contribution is -2.35. The highest BCUT2D eigenvalue weighted by atomic mass is 19.4. The van der Waals surface area contributed by atoms with Crippen LogP contribution in [0.3, 0.4) is 0 Å². The largest absolute Gasteiger partial charge is 0.416 e. The zero-order valence-electron chi connectivity index (χ0n) is 16.9. The summed E-state index contributed by atoms with van der Waals surface area (Å²) in [5.41, 5.74) is 1.97. The van der Waals surface area contributed by atoms with Crippen LogP contribution in [0.1, 0.15) is 35.6 Å². The van der Waals surface area contributed by atoms with Gasteiger partial charge in [-0.25, -0.2) is 9.67 Å². The summed E-state index contributed by atoms with van der Waals surface area (Å²) in [6.45, 7) is 0.0477. The first-order valence-corrected chi connectivity index (χ1v) is 9.97. The molecule has 6 nitrogen and oxygen atoms in total. The number of hydrogen-bond acceptors (Lipinski definition) is 4. The van der Waals surface area contributed by atoms with Gasteiger partial charge in [-0.15, -0.1) is 0 Å². The number of nitrogens with one attached hydrogen (secondary N) is 1. The van der Waals surface area contributed by atoms with E-state index in [-0.39, 0.29) is 18.3 Å². The van der Waals surface area contributed by atoms with Gasteiger partial charge < -0.3 is 5.32 Å². The Kier molecular flexibility index (Phi) is 5.77. The summed E-state index contributed by atoms with van der Waals surface area (Å²) in [6, 6.07) is 11.4. The van der Waals surface area contributed by atoms with Gasteiger partial charge in [0.05, 0.1) is 23.5 Å². The fourth-order valence-electron chi connectivity index (χ4n) is 4.06. The fraction of sp³-hybridized carbons (Fsp3) is 0.318. The third-order valence-corrected chi connectivity index (χ3v) is 5.53. The second-order valence-corrected chi connectivity index (χ2v) is 7.64. The molecule has 0 spiro atoms. The lowest BCUT2D eigenvalue weighted by atomic mass is 9.87. The number of carbonyl (C=O) groups excluding carboxylic acids is 1. The minimum absolute atomic E-state index is 0.0303. The lowest BCUT2D eigenvalue weighted by molar-refractivity contribution is -0.137. The molecule has 0 saturated carbocycles. The number of fused-ring (bicyclic) bond motifs is 1. The van der Waals surface area contributed by atoms with Gasteiger partial charge in [0.2, 0.25) is 5.91 Å². The molecule has 9 heteroatoms. The Morgan fingerprint density at radius 1 is 1.26 bits per heavy atom. The minimum Gasteiger partial charge on any atom is -0.323 e. The van der Waals surface area contributed by atoms with E-state index in [1.165, 1.54) is 34.5 Å². The van der Waals surface area contributed by atoms with Gasteiger partial charge in [0, 0.05) is 6.04 Å². The van der Waals surface area contributed by atoms with Crippen molar-refractivity contribution in [2.45, 2.75) is 31.5 Å². The van der Waals surface area contributed by atoms with Crippen molar-refractivity contribution in [2.24, 2.45) is 0 Å². The number of anilines is 1. The number of aryl methyl sites for hydroxylation is 1. The molecule has 3 aromatic rings. The van der Waals surface area contributed by atoms with Gasteiger partial charge in [-0.3, -0.25) is 9.69 Å². The van der Waals surface area contributed by atoms with E-state index in [1.807, 2.05) is 24.1 Å². The van der Waals surface area contributed by atoms with Gasteiger partial charge in [-0.2, -0.15) is 18.3 Å². The average molecular weight is 429 g/mol. The molecule has 0 fully saturated rings. The van der Waals surface area contributed by atoms with E-state index in [4.69, 9.17) is 0 Å². The SMILES string of the molecule is CN(CC(=O)Nc1cc(C(F)(F)F)ccc1-n1cncn1)[C@@H]1CCCc2ccccc21. The predicted octanol–water partition coefficient (Wildman–Crippen LogP) is 4.23. The molecule has 1 aliphatic carbocycles. The lowest BCUT2D eigenvalue weighted by Gasteiger charge is -2.33. The molecule has 0 aliphatic heterocycles. The zero-order valence-corrected chi connectivity index (χ0v) is 16.9. The number of amides is 1. The summed E-state index contributed by atoms with van der Waals surface area (Å²) in [4.78, 5) is 18.6. The van der Waals surface area contributed by atoms with Crippen LogP contribution in [0, 0.1) is 0 Å². The Balaban J connectivity index is 1.54. The highest BCUT2D eigenvalue weighted by molar-refractivity contribution is 5.94. The van der Waals surface area contributed by atoms with Crippen molar-refractivity contribution in [3.05, 3.63) is 71.8 Å². The Labute approximate surface area is 177 Å². The van der Waals surface area contributed by atoms with Gasteiger partial charge in [0.15, 0.2) is 0 Å². The molecule has 1 atom stereocenters. The van der Waals surface area contributed by atoms with Crippen molar-refractivity contribution >= 4 is 11.6 Å². The number of rotatable bonds is 5. The van der Waals surface area contributed by atoms with Crippen molar-refractivity contribution < 1.29 is 18.0 Å². The highest BCUT2D eigenvalue weighted by Gasteiger charge is 2.32. The van der Waals surface area contributed by atoms with Gasteiger partial charge in [0.1, 0.15) is 12.7 Å². The summed E-state index contributed by atoms with van der Waals surface area (Å²) >= 11 is 0. The molecule has 31 heavy (non-hydrogen) atoms. The van der Waals surface area contributed by atoms with E-state index < -0.39 is 17.6 Å². The summed E-state index contributed by atoms with van der Waals surface area (Å²) in [5.74, 6) is -0.397. The fourth-order valence-corrected chi connectivity index (χ4v) is 4.06. The first-order valence-electron chi connectivity index (χ1n) is 9.97. The van der Waals surface area contributed by atoms with E-state index in [9.17, 15) is 18.0 Å². The Morgan fingerprint density at radius 3 is 2.81 bits per heavy atom. The summed E-state index contributed by atoms with van der Waals surface area (Å²) < 4.78 is 41.0. The molecule has 4 rings (SSSR count). The Bertz CT molecular complexity index is 1070. The van der Waals surface area contributed by atoms with Crippen LogP contribution in [-0.2, 0) is 17.4 Å². The maximum atomic E-state index is 13.2. The molecule has 1 aliphatic rings. The summed E-state index contributed by atoms with van der Waals surface area (Å²) in [6.07, 6.45) is 1.08. The first-order chi connectivity index (χ1) is 14.8. The maximum Gasteiger partial charge on any atom is 0.416 e. The number of nitrogens with zero attached hydrogens (tertiary/aromatic N) is 4. The number of aromatic nitrogens is 3. The molecule has 2 aromatic carbocycles. The smallest absolute Gasteiger partial charge is 0.323 e. The Hall–Kier alpha value is -3.20. The zero-order chi connectivity index (χ0) is 22.0. The number of carbonyl (C=O) groups is 1. The third-order valence-electron chi connectivity index (χ3n) is 5.53. The van der Waals surface area contributed by atoms with E-state index in [0.717, 1.165) is 31.4 Å². The van der Waals surface area contributed by atoms with Crippen molar-refractivity contribution in [2.75, 3.05) is 18.9 Å². The standard InChI is InChI=1S/C22H22F3N5O/c1-29(19-8-4-6-15-5-2-3-7-17(15)19)12-21(31)28-18-11-16(22(23,24)25)9-10-20(18)30-14-26-13-27-30/h2-3,5,7,9-11,13-14,19H,4,6,8,12H2,1H3,(H,28,31)/t19-/m1/s1. The molecular weight excluding hydrogens is 407 g/mol. The molecule has 162 valence electrons. The number of halogens is 3. The van der Waals surface area contributed by atoms with Crippen LogP contribution >= 0.6 is 0 Å². The first kappa shape index (κ1) is 21.0. The van der Waals surface area contributed by atoms with E-state index in [1.54, 1.807) is 0 Å². The average Bonchev–Trinajstić information content (AvgIpc) is 3.27. The van der Waals surface area contributed by atoms with Crippen LogP contribution in [0.5, 0.6) is 0 Å². The van der Waals surface area contributed by atoms with Crippen molar-refractivity contribution in [1.29, 1.82) is 0 Å². The number of hydrogen-bond donors (Lipinski definition) is 1. The van der Waals surface area contributed by atoms with Crippen LogP contribution in [0.25, 0.3) is 5.69 Å². The molecule has 0 radical (unpaired) electrons. The van der Waals surface area contributed by atoms with Gasteiger partial charge in [-0.1, -0.05) is 24.3 Å². The third kappa shape index (κ3) is 4.61. The summed E-state index contributed by atoms with van der Waals surface area (Å²) in [7, 11) is 1.86. The van der Waals surface area contributed by atoms with Crippen molar-refractivity contribution in [3.8, 4) is 5.69 Å². The van der Waals surface area contributed by atoms with E-state index >= 15 is 0 Å². The normalized spacial score (nSPS) is 16.2. The van der Waals surface area contributed by atoms with Crippen LogP contribution in [0.2, 0.25) is 0 Å². The molecule has 0 saturated heterocycles. The molecule has 1 heterocycles. The van der Waals surface area contributed by atoms with Gasteiger partial charge >= 0.3 is 6.18 Å². The molecule has 0 bridgehead atoms. The minimum atomic E-state index is -4.52. The van der Waals surface area contributed by atoms with Gasteiger partial charge in [-0.05, 0) is 55.6 Å².